The van der Waals surface area contributed by atoms with Gasteiger partial charge in [0.25, 0.3) is 0 Å². The smallest absolute Gasteiger partial charge is 0.323 e. The first-order valence-corrected chi connectivity index (χ1v) is 6.93. The molecule has 4 nitrogen and oxygen atoms in total. The van der Waals surface area contributed by atoms with Crippen molar-refractivity contribution >= 4 is 5.97 Å². The summed E-state index contributed by atoms with van der Waals surface area (Å²) in [5.41, 5.74) is 6.50. The lowest BCUT2D eigenvalue weighted by Gasteiger charge is -2.26. The second kappa shape index (κ2) is 6.17. The van der Waals surface area contributed by atoms with Crippen LogP contribution in [-0.4, -0.2) is 23.2 Å². The third-order valence-electron chi connectivity index (χ3n) is 4.01. The molecule has 1 fully saturated rings. The summed E-state index contributed by atoms with van der Waals surface area (Å²) in [6.45, 7) is 0.641. The number of carboxylic acids is 1. The van der Waals surface area contributed by atoms with Gasteiger partial charge in [-0.2, -0.15) is 0 Å². The summed E-state index contributed by atoms with van der Waals surface area (Å²) < 4.78 is 0. The van der Waals surface area contributed by atoms with Gasteiger partial charge < -0.3 is 16.2 Å². The van der Waals surface area contributed by atoms with Crippen LogP contribution in [0, 0.1) is 0 Å². The van der Waals surface area contributed by atoms with Crippen molar-refractivity contribution < 1.29 is 9.90 Å². The summed E-state index contributed by atoms with van der Waals surface area (Å²) >= 11 is 0. The minimum Gasteiger partial charge on any atom is -0.480 e. The highest BCUT2D eigenvalue weighted by Crippen LogP contribution is 2.30. The molecule has 0 saturated heterocycles. The van der Waals surface area contributed by atoms with Crippen LogP contribution in [0.5, 0.6) is 0 Å². The minimum absolute atomic E-state index is 0.0408. The molecule has 19 heavy (non-hydrogen) atoms. The van der Waals surface area contributed by atoms with Gasteiger partial charge in [0.2, 0.25) is 0 Å². The number of rotatable bonds is 6. The highest BCUT2D eigenvalue weighted by molar-refractivity contribution is 5.79. The molecule has 1 unspecified atom stereocenters. The van der Waals surface area contributed by atoms with Gasteiger partial charge in [0.05, 0.1) is 0 Å². The molecule has 0 aromatic heterocycles. The molecule has 2 rings (SSSR count). The van der Waals surface area contributed by atoms with Crippen LogP contribution in [0.2, 0.25) is 0 Å². The second-order valence-electron chi connectivity index (χ2n) is 5.33. The second-order valence-corrected chi connectivity index (χ2v) is 5.33. The Morgan fingerprint density at radius 1 is 1.32 bits per heavy atom. The van der Waals surface area contributed by atoms with E-state index in [0.29, 0.717) is 6.54 Å². The Morgan fingerprint density at radius 2 is 1.95 bits per heavy atom. The summed E-state index contributed by atoms with van der Waals surface area (Å²) in [6.07, 6.45) is 4.18. The zero-order chi connectivity index (χ0) is 13.7. The normalized spacial score (nSPS) is 19.2. The van der Waals surface area contributed by atoms with Gasteiger partial charge in [0, 0.05) is 6.04 Å². The molecule has 0 amide bonds. The van der Waals surface area contributed by atoms with E-state index < -0.39 is 11.5 Å². The fraction of sp³-hybridized carbons (Fsp3) is 0.533. The van der Waals surface area contributed by atoms with Gasteiger partial charge in [-0.3, -0.25) is 4.79 Å². The Hall–Kier alpha value is -1.39. The van der Waals surface area contributed by atoms with Crippen LogP contribution in [0.1, 0.15) is 43.7 Å². The number of nitrogens with one attached hydrogen (secondary N) is 1. The molecule has 104 valence electrons. The van der Waals surface area contributed by atoms with Gasteiger partial charge in [-0.25, -0.2) is 0 Å². The summed E-state index contributed by atoms with van der Waals surface area (Å²) in [4.78, 5) is 11.4. The van der Waals surface area contributed by atoms with Crippen LogP contribution in [-0.2, 0) is 4.79 Å². The molecule has 0 bridgehead atoms. The fourth-order valence-corrected chi connectivity index (χ4v) is 2.78. The van der Waals surface area contributed by atoms with E-state index >= 15 is 0 Å². The highest BCUT2D eigenvalue weighted by Gasteiger charge is 2.40. The van der Waals surface area contributed by atoms with Crippen LogP contribution in [0.4, 0.5) is 0 Å². The van der Waals surface area contributed by atoms with Crippen molar-refractivity contribution in [1.29, 1.82) is 0 Å². The summed E-state index contributed by atoms with van der Waals surface area (Å²) in [6, 6.07) is 9.88. The topological polar surface area (TPSA) is 75.3 Å². The van der Waals surface area contributed by atoms with E-state index in [4.69, 9.17) is 5.73 Å². The van der Waals surface area contributed by atoms with Crippen LogP contribution in [0.25, 0.3) is 0 Å². The van der Waals surface area contributed by atoms with Gasteiger partial charge in [0.15, 0.2) is 0 Å². The van der Waals surface area contributed by atoms with Crippen molar-refractivity contribution in [1.82, 2.24) is 5.32 Å². The molecule has 1 aliphatic rings. The van der Waals surface area contributed by atoms with E-state index in [9.17, 15) is 9.90 Å². The van der Waals surface area contributed by atoms with Crippen molar-refractivity contribution in [2.75, 3.05) is 6.54 Å². The Kier molecular flexibility index (Phi) is 4.56. The molecule has 0 radical (unpaired) electrons. The third-order valence-corrected chi connectivity index (χ3v) is 4.01. The Morgan fingerprint density at radius 3 is 2.53 bits per heavy atom. The van der Waals surface area contributed by atoms with Gasteiger partial charge in [-0.05, 0) is 31.4 Å². The fourth-order valence-electron chi connectivity index (χ4n) is 2.78. The predicted octanol–water partition coefficient (Wildman–Crippen LogP) is 2.06. The van der Waals surface area contributed by atoms with E-state index in [-0.39, 0.29) is 6.04 Å². The molecule has 4 N–H and O–H groups in total. The number of nitrogens with two attached hydrogens (primary N) is 1. The molecule has 0 heterocycles. The number of carboxylic acid groups (broad SMARTS) is 1. The molecular weight excluding hydrogens is 240 g/mol. The molecule has 0 aliphatic heterocycles. The number of hydrogen-bond acceptors (Lipinski definition) is 3. The Balaban J connectivity index is 1.84. The molecule has 1 atom stereocenters. The largest absolute Gasteiger partial charge is 0.480 e. The van der Waals surface area contributed by atoms with Crippen LogP contribution >= 0.6 is 0 Å². The zero-order valence-electron chi connectivity index (χ0n) is 11.1. The number of hydrogen-bond donors (Lipinski definition) is 3. The molecule has 4 heteroatoms. The van der Waals surface area contributed by atoms with Gasteiger partial charge in [0.1, 0.15) is 5.54 Å². The first-order valence-electron chi connectivity index (χ1n) is 6.93. The summed E-state index contributed by atoms with van der Waals surface area (Å²) in [7, 11) is 0. The Bertz CT molecular complexity index is 413. The number of carbonyl (C=O) groups is 1. The summed E-state index contributed by atoms with van der Waals surface area (Å²) in [5, 5.41) is 12.6. The molecule has 1 saturated carbocycles. The first-order chi connectivity index (χ1) is 9.14. The maximum Gasteiger partial charge on any atom is 0.323 e. The molecule has 0 spiro atoms. The van der Waals surface area contributed by atoms with Crippen LogP contribution in [0.15, 0.2) is 30.3 Å². The van der Waals surface area contributed by atoms with Gasteiger partial charge in [-0.1, -0.05) is 43.2 Å². The zero-order valence-corrected chi connectivity index (χ0v) is 11.1. The predicted molar refractivity (Wildman–Crippen MR) is 74.8 cm³/mol. The van der Waals surface area contributed by atoms with Crippen molar-refractivity contribution in [3.05, 3.63) is 35.9 Å². The quantitative estimate of drug-likeness (QED) is 0.733. The number of aliphatic carboxylic acids is 1. The van der Waals surface area contributed by atoms with Crippen LogP contribution < -0.4 is 11.1 Å². The lowest BCUT2D eigenvalue weighted by molar-refractivity contribution is -0.144. The first kappa shape index (κ1) is 14.0. The van der Waals surface area contributed by atoms with E-state index in [0.717, 1.165) is 37.7 Å². The third kappa shape index (κ3) is 3.33. The highest BCUT2D eigenvalue weighted by atomic mass is 16.4. The SMILES string of the molecule is NC(CCNC1(C(=O)O)CCCC1)c1ccccc1. The van der Waals surface area contributed by atoms with E-state index in [1.165, 1.54) is 0 Å². The van der Waals surface area contributed by atoms with E-state index in [1.807, 2.05) is 30.3 Å². The maximum atomic E-state index is 11.4. The molecule has 1 aromatic carbocycles. The average molecular weight is 262 g/mol. The monoisotopic (exact) mass is 262 g/mol. The molecular formula is C15H22N2O2. The standard InChI is InChI=1S/C15H22N2O2/c16-13(12-6-2-1-3-7-12)8-11-17-15(14(18)19)9-4-5-10-15/h1-3,6-7,13,17H,4-5,8-11,16H2,(H,18,19). The summed E-state index contributed by atoms with van der Waals surface area (Å²) in [5.74, 6) is -0.724. The number of benzene rings is 1. The average Bonchev–Trinajstić information content (AvgIpc) is 2.90. The molecule has 1 aromatic rings. The van der Waals surface area contributed by atoms with Gasteiger partial charge >= 0.3 is 5.97 Å². The maximum absolute atomic E-state index is 11.4. The van der Waals surface area contributed by atoms with E-state index in [2.05, 4.69) is 5.32 Å². The van der Waals surface area contributed by atoms with Crippen molar-refractivity contribution in [3.8, 4) is 0 Å². The Labute approximate surface area is 114 Å². The van der Waals surface area contributed by atoms with Crippen molar-refractivity contribution in [2.45, 2.75) is 43.7 Å². The van der Waals surface area contributed by atoms with Crippen molar-refractivity contribution in [2.24, 2.45) is 5.73 Å². The van der Waals surface area contributed by atoms with Gasteiger partial charge in [-0.15, -0.1) is 0 Å². The minimum atomic E-state index is -0.724. The lowest BCUT2D eigenvalue weighted by atomic mass is 9.97. The lowest BCUT2D eigenvalue weighted by Crippen LogP contribution is -2.50. The van der Waals surface area contributed by atoms with Crippen LogP contribution in [0.3, 0.4) is 0 Å². The molecule has 1 aliphatic carbocycles. The van der Waals surface area contributed by atoms with E-state index in [1.54, 1.807) is 0 Å². The van der Waals surface area contributed by atoms with Crippen molar-refractivity contribution in [3.63, 3.8) is 0 Å².